The van der Waals surface area contributed by atoms with Crippen LogP contribution in [0.5, 0.6) is 11.5 Å². The number of aromatic nitrogens is 1. The number of likely N-dealkylation sites (tertiary alicyclic amines) is 1. The summed E-state index contributed by atoms with van der Waals surface area (Å²) in [7, 11) is 2.97. The second kappa shape index (κ2) is 9.79. The molecule has 1 atom stereocenters. The number of rotatable bonds is 6. The maximum absolute atomic E-state index is 13.7. The maximum atomic E-state index is 13.7. The van der Waals surface area contributed by atoms with Crippen molar-refractivity contribution in [2.75, 3.05) is 38.8 Å². The highest BCUT2D eigenvalue weighted by molar-refractivity contribution is 7.12. The van der Waals surface area contributed by atoms with Gasteiger partial charge in [0.2, 0.25) is 0 Å². The number of aryl methyl sites for hydroxylation is 1. The smallest absolute Gasteiger partial charge is 0.401 e. The molecule has 0 spiro atoms. The number of anilines is 1. The van der Waals surface area contributed by atoms with Crippen molar-refractivity contribution in [3.8, 4) is 23.8 Å². The number of methoxy groups -OCH3 is 2. The SMILES string of the molecule is C#Cc1nc(C(=O)N(c2cc(OC)cc(OC)c2)C2CCCN(CC(F)(F)F)C2)c(C)s1. The summed E-state index contributed by atoms with van der Waals surface area (Å²) in [5.74, 6) is 2.93. The first-order chi connectivity index (χ1) is 15.1. The number of carbonyl (C=O) groups is 1. The third-order valence-corrected chi connectivity index (χ3v) is 6.11. The minimum absolute atomic E-state index is 0.0793. The molecule has 2 aromatic rings. The first kappa shape index (κ1) is 23.9. The lowest BCUT2D eigenvalue weighted by Crippen LogP contribution is -2.52. The summed E-state index contributed by atoms with van der Waals surface area (Å²) in [6, 6.07) is 4.48. The van der Waals surface area contributed by atoms with Gasteiger partial charge in [-0.1, -0.05) is 0 Å². The van der Waals surface area contributed by atoms with Crippen LogP contribution < -0.4 is 14.4 Å². The molecular weight excluding hydrogens is 443 g/mol. The number of thiazole rings is 1. The third kappa shape index (κ3) is 5.53. The van der Waals surface area contributed by atoms with Gasteiger partial charge in [0, 0.05) is 29.6 Å². The number of amides is 1. The van der Waals surface area contributed by atoms with Crippen molar-refractivity contribution < 1.29 is 27.4 Å². The van der Waals surface area contributed by atoms with E-state index in [0.717, 1.165) is 0 Å². The minimum Gasteiger partial charge on any atom is -0.497 e. The number of piperidine rings is 1. The van der Waals surface area contributed by atoms with Crippen molar-refractivity contribution in [2.24, 2.45) is 0 Å². The van der Waals surface area contributed by atoms with Crippen LogP contribution in [-0.2, 0) is 0 Å². The Morgan fingerprint density at radius 3 is 2.50 bits per heavy atom. The molecular formula is C22H24F3N3O3S. The van der Waals surface area contributed by atoms with Gasteiger partial charge in [0.05, 0.1) is 32.5 Å². The largest absolute Gasteiger partial charge is 0.497 e. The summed E-state index contributed by atoms with van der Waals surface area (Å²) in [5.41, 5.74) is 0.650. The first-order valence-corrected chi connectivity index (χ1v) is 10.8. The van der Waals surface area contributed by atoms with Crippen LogP contribution in [-0.4, -0.2) is 61.9 Å². The van der Waals surface area contributed by atoms with Gasteiger partial charge in [-0.05, 0) is 32.2 Å². The lowest BCUT2D eigenvalue weighted by atomic mass is 10.0. The van der Waals surface area contributed by atoms with Crippen molar-refractivity contribution in [1.82, 2.24) is 9.88 Å². The lowest BCUT2D eigenvalue weighted by molar-refractivity contribution is -0.148. The number of benzene rings is 1. The Hall–Kier alpha value is -2.77. The molecule has 0 radical (unpaired) electrons. The van der Waals surface area contributed by atoms with Gasteiger partial charge in [0.15, 0.2) is 5.01 Å². The minimum atomic E-state index is -4.32. The number of halogens is 3. The van der Waals surface area contributed by atoms with E-state index >= 15 is 0 Å². The van der Waals surface area contributed by atoms with Gasteiger partial charge in [0.25, 0.3) is 5.91 Å². The third-order valence-electron chi connectivity index (χ3n) is 5.20. The zero-order chi connectivity index (χ0) is 23.5. The topological polar surface area (TPSA) is 54.9 Å². The van der Waals surface area contributed by atoms with E-state index in [1.54, 1.807) is 25.1 Å². The molecule has 0 aliphatic carbocycles. The fourth-order valence-electron chi connectivity index (χ4n) is 3.84. The van der Waals surface area contributed by atoms with Crippen LogP contribution in [0.2, 0.25) is 0 Å². The molecule has 32 heavy (non-hydrogen) atoms. The summed E-state index contributed by atoms with van der Waals surface area (Å²) in [6.07, 6.45) is 2.20. The molecule has 1 aliphatic rings. The van der Waals surface area contributed by atoms with Crippen molar-refractivity contribution in [2.45, 2.75) is 32.0 Å². The molecule has 1 aromatic heterocycles. The van der Waals surface area contributed by atoms with Crippen molar-refractivity contribution in [3.05, 3.63) is 33.8 Å². The van der Waals surface area contributed by atoms with Crippen molar-refractivity contribution in [1.29, 1.82) is 0 Å². The fraction of sp³-hybridized carbons (Fsp3) is 0.455. The Morgan fingerprint density at radius 1 is 1.31 bits per heavy atom. The van der Waals surface area contributed by atoms with Crippen LogP contribution in [0.15, 0.2) is 18.2 Å². The standard InChI is InChI=1S/C22H24F3N3O3S/c1-5-19-26-20(14(2)32-19)21(29)28(16-9-17(30-3)11-18(10-16)31-4)15-7-6-8-27(12-15)13-22(23,24)25/h1,9-11,15H,6-8,12-13H2,2-4H3. The molecule has 1 amide bonds. The number of hydrogen-bond acceptors (Lipinski definition) is 6. The van der Waals surface area contributed by atoms with Crippen LogP contribution in [0.4, 0.5) is 18.9 Å². The molecule has 6 nitrogen and oxygen atoms in total. The summed E-state index contributed by atoms with van der Waals surface area (Å²) in [4.78, 5) is 21.4. The van der Waals surface area contributed by atoms with Gasteiger partial charge < -0.3 is 14.4 Å². The number of nitrogens with zero attached hydrogens (tertiary/aromatic N) is 3. The molecule has 1 aliphatic heterocycles. The number of carbonyl (C=O) groups excluding carboxylic acids is 1. The number of hydrogen-bond donors (Lipinski definition) is 0. The van der Waals surface area contributed by atoms with Gasteiger partial charge in [-0.25, -0.2) is 4.98 Å². The van der Waals surface area contributed by atoms with Crippen LogP contribution in [0.1, 0.15) is 33.2 Å². The van der Waals surface area contributed by atoms with Gasteiger partial charge in [-0.15, -0.1) is 17.8 Å². The summed E-state index contributed by atoms with van der Waals surface area (Å²) in [6.45, 7) is 1.11. The predicted molar refractivity (Wildman–Crippen MR) is 117 cm³/mol. The van der Waals surface area contributed by atoms with Crippen LogP contribution >= 0.6 is 11.3 Å². The zero-order valence-corrected chi connectivity index (χ0v) is 18.8. The van der Waals surface area contributed by atoms with Crippen LogP contribution in [0, 0.1) is 19.3 Å². The summed E-state index contributed by atoms with van der Waals surface area (Å²) >= 11 is 1.22. The monoisotopic (exact) mass is 467 g/mol. The van der Waals surface area contributed by atoms with Crippen molar-refractivity contribution in [3.63, 3.8) is 0 Å². The van der Waals surface area contributed by atoms with E-state index in [0.29, 0.717) is 46.5 Å². The molecule has 1 unspecified atom stereocenters. The normalized spacial score (nSPS) is 17.0. The second-order valence-corrected chi connectivity index (χ2v) is 8.66. The highest BCUT2D eigenvalue weighted by atomic mass is 32.1. The van der Waals surface area contributed by atoms with Crippen LogP contribution in [0.25, 0.3) is 0 Å². The molecule has 172 valence electrons. The van der Waals surface area contributed by atoms with E-state index in [2.05, 4.69) is 10.9 Å². The highest BCUT2D eigenvalue weighted by Crippen LogP contribution is 2.34. The Balaban J connectivity index is 2.04. The Kier molecular flexibility index (Phi) is 7.31. The Labute approximate surface area is 188 Å². The molecule has 0 saturated carbocycles. The molecule has 1 aromatic carbocycles. The highest BCUT2D eigenvalue weighted by Gasteiger charge is 2.37. The molecule has 2 heterocycles. The number of ether oxygens (including phenoxy) is 2. The summed E-state index contributed by atoms with van der Waals surface area (Å²) < 4.78 is 49.7. The van der Waals surface area contributed by atoms with E-state index < -0.39 is 24.7 Å². The average molecular weight is 468 g/mol. The van der Waals surface area contributed by atoms with Crippen LogP contribution in [0.3, 0.4) is 0 Å². The summed E-state index contributed by atoms with van der Waals surface area (Å²) in [5, 5.41) is 0.372. The molecule has 0 N–H and O–H groups in total. The average Bonchev–Trinajstić information content (AvgIpc) is 3.13. The van der Waals surface area contributed by atoms with Gasteiger partial charge in [0.1, 0.15) is 17.2 Å². The predicted octanol–water partition coefficient (Wildman–Crippen LogP) is 4.12. The molecule has 1 fully saturated rings. The maximum Gasteiger partial charge on any atom is 0.401 e. The van der Waals surface area contributed by atoms with Gasteiger partial charge in [-0.2, -0.15) is 13.2 Å². The van der Waals surface area contributed by atoms with Gasteiger partial charge in [-0.3, -0.25) is 9.69 Å². The van der Waals surface area contributed by atoms with Gasteiger partial charge >= 0.3 is 6.18 Å². The quantitative estimate of drug-likeness (QED) is 0.599. The second-order valence-electron chi connectivity index (χ2n) is 7.46. The van der Waals surface area contributed by atoms with E-state index in [1.165, 1.54) is 35.4 Å². The van der Waals surface area contributed by atoms with E-state index in [4.69, 9.17) is 15.9 Å². The number of alkyl halides is 3. The first-order valence-electron chi connectivity index (χ1n) is 9.95. The number of terminal acetylenes is 1. The Bertz CT molecular complexity index is 994. The zero-order valence-electron chi connectivity index (χ0n) is 18.0. The Morgan fingerprint density at radius 2 is 1.97 bits per heavy atom. The lowest BCUT2D eigenvalue weighted by Gasteiger charge is -2.39. The van der Waals surface area contributed by atoms with E-state index in [1.807, 2.05) is 0 Å². The molecule has 3 rings (SSSR count). The fourth-order valence-corrected chi connectivity index (χ4v) is 4.55. The molecule has 1 saturated heterocycles. The molecule has 10 heteroatoms. The molecule has 0 bridgehead atoms. The van der Waals surface area contributed by atoms with Crippen molar-refractivity contribution >= 4 is 22.9 Å². The van der Waals surface area contributed by atoms with E-state index in [9.17, 15) is 18.0 Å². The van der Waals surface area contributed by atoms with E-state index in [-0.39, 0.29) is 12.2 Å².